The molecule has 1 aliphatic rings. The van der Waals surface area contributed by atoms with E-state index >= 15 is 0 Å². The van der Waals surface area contributed by atoms with Crippen molar-refractivity contribution in [2.24, 2.45) is 5.92 Å². The molecular weight excluding hydrogens is 338 g/mol. The average molecular weight is 356 g/mol. The van der Waals surface area contributed by atoms with Crippen molar-refractivity contribution in [1.82, 2.24) is 9.62 Å². The highest BCUT2D eigenvalue weighted by Gasteiger charge is 2.31. The molecule has 1 amide bonds. The van der Waals surface area contributed by atoms with Gasteiger partial charge in [0.2, 0.25) is 15.9 Å². The molecule has 0 bridgehead atoms. The number of hydrogen-bond acceptors (Lipinski definition) is 4. The molecule has 2 rings (SSSR count). The smallest absolute Gasteiger partial charge is 0.244 e. The fraction of sp³-hybridized carbons (Fsp3) is 0.467. The number of hydrogen-bond donors (Lipinski definition) is 1. The normalized spacial score (nSPS) is 19.1. The Morgan fingerprint density at radius 2 is 2.26 bits per heavy atom. The van der Waals surface area contributed by atoms with Crippen molar-refractivity contribution in [2.45, 2.75) is 24.7 Å². The van der Waals surface area contributed by atoms with Crippen LogP contribution >= 0.6 is 11.6 Å². The molecule has 1 atom stereocenters. The molecule has 1 aromatic carbocycles. The molecule has 1 saturated heterocycles. The van der Waals surface area contributed by atoms with Crippen LogP contribution < -0.4 is 5.32 Å². The number of amides is 1. The predicted octanol–water partition coefficient (Wildman–Crippen LogP) is 1.75. The lowest BCUT2D eigenvalue weighted by atomic mass is 10.00. The fourth-order valence-corrected chi connectivity index (χ4v) is 4.69. The van der Waals surface area contributed by atoms with Crippen molar-refractivity contribution in [2.75, 3.05) is 19.6 Å². The first-order valence-corrected chi connectivity index (χ1v) is 9.10. The minimum atomic E-state index is -3.71. The summed E-state index contributed by atoms with van der Waals surface area (Å²) in [5, 5.41) is 11.6. The molecule has 6 nitrogen and oxygen atoms in total. The van der Waals surface area contributed by atoms with E-state index in [9.17, 15) is 13.2 Å². The van der Waals surface area contributed by atoms with Crippen LogP contribution in [0.4, 0.5) is 0 Å². The number of nitrogens with zero attached hydrogens (tertiary/aromatic N) is 2. The zero-order valence-electron chi connectivity index (χ0n) is 12.8. The summed E-state index contributed by atoms with van der Waals surface area (Å²) in [5.74, 6) is -0.0419. The lowest BCUT2D eigenvalue weighted by molar-refractivity contribution is -0.119. The van der Waals surface area contributed by atoms with Crippen molar-refractivity contribution in [3.05, 3.63) is 28.8 Å². The minimum absolute atomic E-state index is 0.0124. The number of carbonyl (C=O) groups excluding carboxylic acids is 1. The molecule has 124 valence electrons. The van der Waals surface area contributed by atoms with E-state index in [1.165, 1.54) is 29.4 Å². The second kappa shape index (κ2) is 7.30. The van der Waals surface area contributed by atoms with Gasteiger partial charge in [-0.25, -0.2) is 8.42 Å². The van der Waals surface area contributed by atoms with E-state index in [2.05, 4.69) is 5.32 Å². The zero-order chi connectivity index (χ0) is 17.0. The Hall–Kier alpha value is -1.62. The maximum atomic E-state index is 12.8. The summed E-state index contributed by atoms with van der Waals surface area (Å²) < 4.78 is 26.9. The Morgan fingerprint density at radius 1 is 1.52 bits per heavy atom. The summed E-state index contributed by atoms with van der Waals surface area (Å²) in [6, 6.07) is 6.09. The Balaban J connectivity index is 2.19. The molecule has 1 unspecified atom stereocenters. The zero-order valence-corrected chi connectivity index (χ0v) is 14.3. The maximum absolute atomic E-state index is 12.8. The van der Waals surface area contributed by atoms with Crippen molar-refractivity contribution >= 4 is 27.5 Å². The Labute approximate surface area is 141 Å². The van der Waals surface area contributed by atoms with Crippen molar-refractivity contribution < 1.29 is 13.2 Å². The van der Waals surface area contributed by atoms with E-state index in [0.29, 0.717) is 25.2 Å². The molecule has 0 spiro atoms. The molecule has 0 aliphatic carbocycles. The van der Waals surface area contributed by atoms with Crippen molar-refractivity contribution in [1.29, 1.82) is 5.26 Å². The highest BCUT2D eigenvalue weighted by Crippen LogP contribution is 2.28. The molecule has 23 heavy (non-hydrogen) atoms. The molecule has 0 saturated carbocycles. The number of sulfonamides is 1. The molecule has 8 heteroatoms. The van der Waals surface area contributed by atoms with Gasteiger partial charge in [-0.15, -0.1) is 0 Å². The van der Waals surface area contributed by atoms with Crippen LogP contribution in [0.5, 0.6) is 0 Å². The van der Waals surface area contributed by atoms with Gasteiger partial charge in [-0.1, -0.05) is 11.6 Å². The fourth-order valence-electron chi connectivity index (χ4n) is 2.62. The van der Waals surface area contributed by atoms with Gasteiger partial charge in [0.15, 0.2) is 0 Å². The summed E-state index contributed by atoms with van der Waals surface area (Å²) in [4.78, 5) is 11.0. The van der Waals surface area contributed by atoms with Gasteiger partial charge in [-0.3, -0.25) is 4.79 Å². The Kier molecular flexibility index (Phi) is 5.63. The predicted molar refractivity (Wildman–Crippen MR) is 86.3 cm³/mol. The van der Waals surface area contributed by atoms with Gasteiger partial charge in [0.1, 0.15) is 4.90 Å². The summed E-state index contributed by atoms with van der Waals surface area (Å²) in [5.41, 5.74) is 0.316. The van der Waals surface area contributed by atoms with Crippen LogP contribution in [0.15, 0.2) is 23.1 Å². The standard InChI is InChI=1S/C15H18ClN3O3S/c1-11(20)18-9-13-3-2-6-19(10-13)23(21,22)15-5-4-12(8-17)7-14(15)16/h4-5,7,13H,2-3,6,9-10H2,1H3,(H,18,20). The molecule has 1 aromatic rings. The lowest BCUT2D eigenvalue weighted by Gasteiger charge is -2.32. The van der Waals surface area contributed by atoms with Gasteiger partial charge in [-0.2, -0.15) is 9.57 Å². The largest absolute Gasteiger partial charge is 0.356 e. The van der Waals surface area contributed by atoms with Crippen LogP contribution in [-0.2, 0) is 14.8 Å². The Bertz CT molecular complexity index is 743. The molecule has 0 aromatic heterocycles. The topological polar surface area (TPSA) is 90.3 Å². The van der Waals surface area contributed by atoms with Crippen LogP contribution in [-0.4, -0.2) is 38.3 Å². The summed E-state index contributed by atoms with van der Waals surface area (Å²) >= 11 is 6.04. The van der Waals surface area contributed by atoms with Gasteiger partial charge >= 0.3 is 0 Å². The summed E-state index contributed by atoms with van der Waals surface area (Å²) in [6.07, 6.45) is 1.60. The molecule has 0 radical (unpaired) electrons. The number of piperidine rings is 1. The highest BCUT2D eigenvalue weighted by molar-refractivity contribution is 7.89. The van der Waals surface area contributed by atoms with Gasteiger partial charge in [0.25, 0.3) is 0 Å². The van der Waals surface area contributed by atoms with Crippen molar-refractivity contribution in [3.8, 4) is 6.07 Å². The Morgan fingerprint density at radius 3 is 2.87 bits per heavy atom. The first kappa shape index (κ1) is 17.7. The number of nitriles is 1. The monoisotopic (exact) mass is 355 g/mol. The van der Waals surface area contributed by atoms with Crippen LogP contribution in [0.25, 0.3) is 0 Å². The van der Waals surface area contributed by atoms with Gasteiger partial charge in [0, 0.05) is 26.6 Å². The SMILES string of the molecule is CC(=O)NCC1CCCN(S(=O)(=O)c2ccc(C#N)cc2Cl)C1. The number of carbonyl (C=O) groups is 1. The van der Waals surface area contributed by atoms with E-state index in [4.69, 9.17) is 16.9 Å². The van der Waals surface area contributed by atoms with E-state index < -0.39 is 10.0 Å². The second-order valence-electron chi connectivity index (χ2n) is 5.57. The maximum Gasteiger partial charge on any atom is 0.244 e. The van der Waals surface area contributed by atoms with Crippen LogP contribution in [0.3, 0.4) is 0 Å². The van der Waals surface area contributed by atoms with Crippen molar-refractivity contribution in [3.63, 3.8) is 0 Å². The summed E-state index contributed by atoms with van der Waals surface area (Å²) in [6.45, 7) is 2.67. The van der Waals surface area contributed by atoms with E-state index in [0.717, 1.165) is 12.8 Å². The van der Waals surface area contributed by atoms with Crippen LogP contribution in [0.2, 0.25) is 5.02 Å². The van der Waals surface area contributed by atoms with Crippen LogP contribution in [0, 0.1) is 17.2 Å². The third-order valence-corrected chi connectivity index (χ3v) is 6.15. The van der Waals surface area contributed by atoms with Gasteiger partial charge < -0.3 is 5.32 Å². The van der Waals surface area contributed by atoms with Gasteiger partial charge in [-0.05, 0) is 37.0 Å². The number of halogens is 1. The number of nitrogens with one attached hydrogen (secondary N) is 1. The average Bonchev–Trinajstić information content (AvgIpc) is 2.52. The third kappa shape index (κ3) is 4.22. The highest BCUT2D eigenvalue weighted by atomic mass is 35.5. The van der Waals surface area contributed by atoms with E-state index in [1.54, 1.807) is 0 Å². The molecule has 1 fully saturated rings. The molecular formula is C15H18ClN3O3S. The van der Waals surface area contributed by atoms with E-state index in [-0.39, 0.29) is 21.7 Å². The van der Waals surface area contributed by atoms with Crippen LogP contribution in [0.1, 0.15) is 25.3 Å². The minimum Gasteiger partial charge on any atom is -0.356 e. The third-order valence-electron chi connectivity index (χ3n) is 3.80. The molecule has 1 heterocycles. The number of rotatable bonds is 4. The lowest BCUT2D eigenvalue weighted by Crippen LogP contribution is -2.43. The number of benzene rings is 1. The quantitative estimate of drug-likeness (QED) is 0.890. The second-order valence-corrected chi connectivity index (χ2v) is 7.88. The van der Waals surface area contributed by atoms with E-state index in [1.807, 2.05) is 6.07 Å². The van der Waals surface area contributed by atoms with Gasteiger partial charge in [0.05, 0.1) is 16.7 Å². The first-order valence-electron chi connectivity index (χ1n) is 7.29. The molecule has 1 N–H and O–H groups in total. The molecule has 1 aliphatic heterocycles. The first-order chi connectivity index (χ1) is 10.8. The summed E-state index contributed by atoms with van der Waals surface area (Å²) in [7, 11) is -3.71.